The molecular weight excluding hydrogens is 460 g/mol. The molecule has 0 N–H and O–H groups in total. The SMILES string of the molecule is COc1ccc(N2C(=O)/C(=C/c3ccc(-c4ccc([N+](=O)[O-])cc4Cl)o3)SC2=S)cc1. The second kappa shape index (κ2) is 8.54. The maximum absolute atomic E-state index is 12.9. The molecule has 0 radical (unpaired) electrons. The van der Waals surface area contributed by atoms with Crippen molar-refractivity contribution in [2.75, 3.05) is 12.0 Å². The Labute approximate surface area is 191 Å². The molecule has 7 nitrogen and oxygen atoms in total. The number of benzene rings is 2. The first-order valence-electron chi connectivity index (χ1n) is 8.83. The van der Waals surface area contributed by atoms with Gasteiger partial charge in [0.25, 0.3) is 11.6 Å². The van der Waals surface area contributed by atoms with Crippen LogP contribution < -0.4 is 9.64 Å². The molecule has 1 aromatic heterocycles. The third-order valence-electron chi connectivity index (χ3n) is 4.45. The van der Waals surface area contributed by atoms with Gasteiger partial charge in [0.05, 0.1) is 27.6 Å². The fourth-order valence-corrected chi connectivity index (χ4v) is 4.49. The maximum atomic E-state index is 12.9. The lowest BCUT2D eigenvalue weighted by molar-refractivity contribution is -0.384. The summed E-state index contributed by atoms with van der Waals surface area (Å²) in [5, 5.41) is 11.1. The molecular formula is C21H13ClN2O5S2. The molecule has 0 bridgehead atoms. The van der Waals surface area contributed by atoms with Crippen LogP contribution in [-0.2, 0) is 4.79 Å². The first kappa shape index (κ1) is 21.1. The minimum absolute atomic E-state index is 0.109. The van der Waals surface area contributed by atoms with Crippen LogP contribution in [0.4, 0.5) is 11.4 Å². The summed E-state index contributed by atoms with van der Waals surface area (Å²) in [6, 6.07) is 14.5. The summed E-state index contributed by atoms with van der Waals surface area (Å²) in [6.45, 7) is 0. The number of thioether (sulfide) groups is 1. The summed E-state index contributed by atoms with van der Waals surface area (Å²) >= 11 is 12.7. The van der Waals surface area contributed by atoms with Crippen molar-refractivity contribution < 1.29 is 18.9 Å². The minimum Gasteiger partial charge on any atom is -0.497 e. The van der Waals surface area contributed by atoms with Gasteiger partial charge >= 0.3 is 0 Å². The number of furan rings is 1. The van der Waals surface area contributed by atoms with E-state index in [0.29, 0.717) is 37.7 Å². The van der Waals surface area contributed by atoms with Crippen molar-refractivity contribution in [2.24, 2.45) is 0 Å². The van der Waals surface area contributed by atoms with Crippen molar-refractivity contribution in [1.29, 1.82) is 0 Å². The minimum atomic E-state index is -0.520. The standard InChI is InChI=1S/C21H13ClN2O5S2/c1-28-14-5-2-12(3-6-14)23-20(25)19(31-21(23)30)11-15-7-9-18(29-15)16-8-4-13(24(26)27)10-17(16)22/h2-11H,1H3/b19-11-. The van der Waals surface area contributed by atoms with Crippen molar-refractivity contribution in [2.45, 2.75) is 0 Å². The van der Waals surface area contributed by atoms with E-state index in [-0.39, 0.29) is 16.6 Å². The normalized spacial score (nSPS) is 15.0. The number of carbonyl (C=O) groups excluding carboxylic acids is 1. The molecule has 1 fully saturated rings. The topological polar surface area (TPSA) is 85.8 Å². The molecule has 2 heterocycles. The van der Waals surface area contributed by atoms with Crippen LogP contribution in [0.15, 0.2) is 63.9 Å². The highest BCUT2D eigenvalue weighted by Gasteiger charge is 2.33. The molecule has 1 aliphatic rings. The van der Waals surface area contributed by atoms with E-state index in [1.165, 1.54) is 34.9 Å². The molecule has 0 spiro atoms. The van der Waals surface area contributed by atoms with E-state index in [2.05, 4.69) is 0 Å². The van der Waals surface area contributed by atoms with Crippen LogP contribution in [0.5, 0.6) is 5.75 Å². The smallest absolute Gasteiger partial charge is 0.270 e. The van der Waals surface area contributed by atoms with Crippen LogP contribution in [0, 0.1) is 10.1 Å². The van der Waals surface area contributed by atoms with Gasteiger partial charge in [-0.25, -0.2) is 0 Å². The number of carbonyl (C=O) groups is 1. The summed E-state index contributed by atoms with van der Waals surface area (Å²) in [4.78, 5) is 25.1. The second-order valence-electron chi connectivity index (χ2n) is 6.34. The summed E-state index contributed by atoms with van der Waals surface area (Å²) in [7, 11) is 1.57. The van der Waals surface area contributed by atoms with E-state index in [1.807, 2.05) is 0 Å². The van der Waals surface area contributed by atoms with Crippen LogP contribution in [0.3, 0.4) is 0 Å². The van der Waals surface area contributed by atoms with Crippen LogP contribution in [0.1, 0.15) is 5.76 Å². The Morgan fingerprint density at radius 1 is 1.19 bits per heavy atom. The summed E-state index contributed by atoms with van der Waals surface area (Å²) in [6.07, 6.45) is 1.60. The van der Waals surface area contributed by atoms with Crippen molar-refractivity contribution in [3.05, 3.63) is 80.4 Å². The Bertz CT molecular complexity index is 1240. The van der Waals surface area contributed by atoms with Crippen LogP contribution in [0.25, 0.3) is 17.4 Å². The molecule has 3 aromatic rings. The van der Waals surface area contributed by atoms with Crippen molar-refractivity contribution in [3.8, 4) is 17.1 Å². The summed E-state index contributed by atoms with van der Waals surface area (Å²) < 4.78 is 11.3. The zero-order valence-electron chi connectivity index (χ0n) is 15.9. The van der Waals surface area contributed by atoms with Crippen molar-refractivity contribution in [3.63, 3.8) is 0 Å². The number of ether oxygens (including phenoxy) is 1. The summed E-state index contributed by atoms with van der Waals surface area (Å²) in [5.74, 6) is 1.28. The van der Waals surface area contributed by atoms with E-state index in [4.69, 9.17) is 33.0 Å². The largest absolute Gasteiger partial charge is 0.497 e. The number of hydrogen-bond acceptors (Lipinski definition) is 7. The van der Waals surface area contributed by atoms with Gasteiger partial charge in [0.1, 0.15) is 17.3 Å². The van der Waals surface area contributed by atoms with Gasteiger partial charge in [-0.3, -0.25) is 19.8 Å². The van der Waals surface area contributed by atoms with Gasteiger partial charge in [-0.2, -0.15) is 0 Å². The fourth-order valence-electron chi connectivity index (χ4n) is 2.94. The lowest BCUT2D eigenvalue weighted by Gasteiger charge is -2.14. The third-order valence-corrected chi connectivity index (χ3v) is 6.07. The Balaban J connectivity index is 1.58. The lowest BCUT2D eigenvalue weighted by atomic mass is 10.1. The molecule has 2 aromatic carbocycles. The molecule has 0 saturated carbocycles. The molecule has 4 rings (SSSR count). The van der Waals surface area contributed by atoms with Crippen molar-refractivity contribution in [1.82, 2.24) is 0 Å². The molecule has 10 heteroatoms. The number of nitrogens with zero attached hydrogens (tertiary/aromatic N) is 2. The second-order valence-corrected chi connectivity index (χ2v) is 8.42. The van der Waals surface area contributed by atoms with Crippen LogP contribution in [0.2, 0.25) is 5.02 Å². The maximum Gasteiger partial charge on any atom is 0.270 e. The Morgan fingerprint density at radius 3 is 2.58 bits per heavy atom. The number of hydrogen-bond donors (Lipinski definition) is 0. The predicted octanol–water partition coefficient (Wildman–Crippen LogP) is 5.92. The molecule has 1 amide bonds. The zero-order valence-corrected chi connectivity index (χ0v) is 18.3. The molecule has 1 saturated heterocycles. The molecule has 1 aliphatic heterocycles. The van der Waals surface area contributed by atoms with Crippen molar-refractivity contribution >= 4 is 63.3 Å². The van der Waals surface area contributed by atoms with Gasteiger partial charge in [-0.05, 0) is 42.5 Å². The van der Waals surface area contributed by atoms with Gasteiger partial charge in [0.15, 0.2) is 4.32 Å². The van der Waals surface area contributed by atoms with Gasteiger partial charge in [0, 0.05) is 23.8 Å². The highest BCUT2D eigenvalue weighted by atomic mass is 35.5. The lowest BCUT2D eigenvalue weighted by Crippen LogP contribution is -2.27. The molecule has 31 heavy (non-hydrogen) atoms. The number of halogens is 1. The van der Waals surface area contributed by atoms with E-state index in [9.17, 15) is 14.9 Å². The summed E-state index contributed by atoms with van der Waals surface area (Å²) in [5.41, 5.74) is 1.05. The number of non-ortho nitro benzene ring substituents is 1. The average Bonchev–Trinajstić information content (AvgIpc) is 3.32. The Kier molecular flexibility index (Phi) is 5.81. The molecule has 0 unspecified atom stereocenters. The Hall–Kier alpha value is -3.14. The van der Waals surface area contributed by atoms with Crippen LogP contribution in [-0.4, -0.2) is 22.3 Å². The van der Waals surface area contributed by atoms with Crippen LogP contribution >= 0.6 is 35.6 Å². The van der Waals surface area contributed by atoms with E-state index in [0.717, 1.165) is 0 Å². The van der Waals surface area contributed by atoms with Gasteiger partial charge in [0.2, 0.25) is 0 Å². The zero-order chi connectivity index (χ0) is 22.1. The van der Waals surface area contributed by atoms with Gasteiger partial charge in [-0.1, -0.05) is 35.6 Å². The van der Waals surface area contributed by atoms with E-state index in [1.54, 1.807) is 49.6 Å². The third kappa shape index (κ3) is 4.20. The van der Waals surface area contributed by atoms with Gasteiger partial charge < -0.3 is 9.15 Å². The monoisotopic (exact) mass is 472 g/mol. The Morgan fingerprint density at radius 2 is 1.94 bits per heavy atom. The quantitative estimate of drug-likeness (QED) is 0.197. The predicted molar refractivity (Wildman–Crippen MR) is 124 cm³/mol. The highest BCUT2D eigenvalue weighted by molar-refractivity contribution is 8.27. The number of amides is 1. The first-order valence-corrected chi connectivity index (χ1v) is 10.4. The average molecular weight is 473 g/mol. The number of rotatable bonds is 5. The van der Waals surface area contributed by atoms with Gasteiger partial charge in [-0.15, -0.1) is 0 Å². The number of anilines is 1. The van der Waals surface area contributed by atoms with E-state index >= 15 is 0 Å². The number of methoxy groups -OCH3 is 1. The van der Waals surface area contributed by atoms with E-state index < -0.39 is 4.92 Å². The molecule has 156 valence electrons. The number of nitro groups is 1. The molecule has 0 aliphatic carbocycles. The first-order chi connectivity index (χ1) is 14.9. The number of thiocarbonyl (C=S) groups is 1. The number of nitro benzene ring substituents is 1. The fraction of sp³-hybridized carbons (Fsp3) is 0.0476. The molecule has 0 atom stereocenters. The highest BCUT2D eigenvalue weighted by Crippen LogP contribution is 2.38.